The lowest BCUT2D eigenvalue weighted by atomic mass is 10.1. The molecule has 0 aliphatic carbocycles. The fraction of sp³-hybridized carbons (Fsp3) is 0.167. The molecule has 0 aromatic heterocycles. The summed E-state index contributed by atoms with van der Waals surface area (Å²) in [6, 6.07) is 7.66. The van der Waals surface area contributed by atoms with E-state index in [1.165, 1.54) is 0 Å². The summed E-state index contributed by atoms with van der Waals surface area (Å²) >= 11 is 5.78. The average molecular weight is 207 g/mol. The highest BCUT2D eigenvalue weighted by atomic mass is 35.5. The van der Waals surface area contributed by atoms with Crippen LogP contribution in [0.2, 0.25) is 5.02 Å². The molecule has 0 saturated heterocycles. The molecule has 0 heterocycles. The van der Waals surface area contributed by atoms with Crippen LogP contribution in [-0.4, -0.2) is 13.1 Å². The summed E-state index contributed by atoms with van der Waals surface area (Å²) in [4.78, 5) is 0. The Hall–Kier alpha value is -1.23. The molecule has 0 unspecified atom stereocenters. The third-order valence-corrected chi connectivity index (χ3v) is 2.16. The quantitative estimate of drug-likeness (QED) is 0.569. The van der Waals surface area contributed by atoms with Crippen molar-refractivity contribution in [2.75, 3.05) is 13.1 Å². The predicted octanol–water partition coefficient (Wildman–Crippen LogP) is 1.55. The second-order valence-corrected chi connectivity index (χ2v) is 3.45. The van der Waals surface area contributed by atoms with Gasteiger partial charge in [-0.1, -0.05) is 30.3 Å². The molecule has 1 nitrogen and oxygen atoms in total. The van der Waals surface area contributed by atoms with Crippen molar-refractivity contribution in [3.63, 3.8) is 0 Å². The van der Waals surface area contributed by atoms with Crippen LogP contribution < -0.4 is 5.32 Å². The third-order valence-electron chi connectivity index (χ3n) is 1.91. The van der Waals surface area contributed by atoms with E-state index in [2.05, 4.69) is 12.5 Å². The summed E-state index contributed by atoms with van der Waals surface area (Å²) in [6.07, 6.45) is 5.14. The molecule has 0 bridgehead atoms. The average Bonchev–Trinajstić information content (AvgIpc) is 2.19. The Morgan fingerprint density at radius 2 is 2.07 bits per heavy atom. The van der Waals surface area contributed by atoms with Crippen molar-refractivity contribution in [2.45, 2.75) is 0 Å². The maximum atomic E-state index is 5.78. The lowest BCUT2D eigenvalue weighted by molar-refractivity contribution is -0.632. The molecule has 0 radical (unpaired) electrons. The SMILES string of the molecule is C#CC[NH2+]CC(=C)c1ccc(Cl)cc1. The van der Waals surface area contributed by atoms with Crippen molar-refractivity contribution in [3.05, 3.63) is 41.4 Å². The van der Waals surface area contributed by atoms with Crippen LogP contribution in [0.1, 0.15) is 5.56 Å². The number of quaternary nitrogens is 1. The topological polar surface area (TPSA) is 16.6 Å². The van der Waals surface area contributed by atoms with Gasteiger partial charge in [0.05, 0.1) is 0 Å². The first-order valence-electron chi connectivity index (χ1n) is 4.43. The number of hydrogen-bond donors (Lipinski definition) is 1. The van der Waals surface area contributed by atoms with Gasteiger partial charge in [-0.05, 0) is 23.6 Å². The van der Waals surface area contributed by atoms with E-state index in [9.17, 15) is 0 Å². The van der Waals surface area contributed by atoms with Gasteiger partial charge in [0.1, 0.15) is 13.1 Å². The second-order valence-electron chi connectivity index (χ2n) is 3.01. The highest BCUT2D eigenvalue weighted by Gasteiger charge is 1.99. The van der Waals surface area contributed by atoms with E-state index < -0.39 is 0 Å². The van der Waals surface area contributed by atoms with E-state index >= 15 is 0 Å². The van der Waals surface area contributed by atoms with Crippen LogP contribution in [0, 0.1) is 12.3 Å². The zero-order valence-corrected chi connectivity index (χ0v) is 8.72. The van der Waals surface area contributed by atoms with Crippen LogP contribution in [-0.2, 0) is 0 Å². The standard InChI is InChI=1S/C12H12ClN/c1-3-8-14-9-10(2)11-4-6-12(13)7-5-11/h1,4-7,14H,2,8-9H2/p+1. The molecule has 0 amide bonds. The molecule has 0 aliphatic rings. The van der Waals surface area contributed by atoms with Gasteiger partial charge in [0.2, 0.25) is 0 Å². The largest absolute Gasteiger partial charge is 0.332 e. The Balaban J connectivity index is 2.53. The Morgan fingerprint density at radius 1 is 1.43 bits per heavy atom. The molecule has 2 N–H and O–H groups in total. The Labute approximate surface area is 89.8 Å². The van der Waals surface area contributed by atoms with Gasteiger partial charge < -0.3 is 5.32 Å². The first-order valence-corrected chi connectivity index (χ1v) is 4.80. The van der Waals surface area contributed by atoms with Crippen molar-refractivity contribution in [1.82, 2.24) is 0 Å². The zero-order chi connectivity index (χ0) is 10.4. The minimum absolute atomic E-state index is 0.687. The second kappa shape index (κ2) is 5.49. The van der Waals surface area contributed by atoms with Crippen molar-refractivity contribution in [2.24, 2.45) is 0 Å². The Bertz CT molecular complexity index is 346. The van der Waals surface area contributed by atoms with Gasteiger partial charge in [-0.25, -0.2) is 0 Å². The van der Waals surface area contributed by atoms with E-state index in [4.69, 9.17) is 18.0 Å². The van der Waals surface area contributed by atoms with Crippen LogP contribution >= 0.6 is 11.6 Å². The van der Waals surface area contributed by atoms with E-state index in [-0.39, 0.29) is 0 Å². The lowest BCUT2D eigenvalue weighted by Gasteiger charge is -2.03. The predicted molar refractivity (Wildman–Crippen MR) is 61.0 cm³/mol. The smallest absolute Gasteiger partial charge is 0.137 e. The fourth-order valence-electron chi connectivity index (χ4n) is 1.13. The number of hydrogen-bond acceptors (Lipinski definition) is 0. The molecule has 1 aromatic rings. The number of benzene rings is 1. The molecule has 14 heavy (non-hydrogen) atoms. The number of rotatable bonds is 4. The van der Waals surface area contributed by atoms with Crippen molar-refractivity contribution in [3.8, 4) is 12.3 Å². The summed E-state index contributed by atoms with van der Waals surface area (Å²) in [7, 11) is 0. The van der Waals surface area contributed by atoms with Crippen molar-refractivity contribution in [1.29, 1.82) is 0 Å². The van der Waals surface area contributed by atoms with E-state index in [1.54, 1.807) is 0 Å². The summed E-state index contributed by atoms with van der Waals surface area (Å²) in [5.74, 6) is 2.57. The highest BCUT2D eigenvalue weighted by Crippen LogP contribution is 2.14. The van der Waals surface area contributed by atoms with E-state index in [0.717, 1.165) is 22.7 Å². The molecule has 0 aliphatic heterocycles. The molecule has 2 heteroatoms. The normalized spacial score (nSPS) is 9.43. The van der Waals surface area contributed by atoms with Crippen LogP contribution in [0.15, 0.2) is 30.8 Å². The molecule has 1 rings (SSSR count). The van der Waals surface area contributed by atoms with E-state index in [1.807, 2.05) is 29.6 Å². The maximum absolute atomic E-state index is 5.78. The Kier molecular flexibility index (Phi) is 4.25. The van der Waals surface area contributed by atoms with Crippen LogP contribution in [0.25, 0.3) is 5.57 Å². The highest BCUT2D eigenvalue weighted by molar-refractivity contribution is 6.30. The first-order chi connectivity index (χ1) is 6.74. The maximum Gasteiger partial charge on any atom is 0.137 e. The molecule has 0 spiro atoms. The van der Waals surface area contributed by atoms with Crippen LogP contribution in [0.5, 0.6) is 0 Å². The number of terminal acetylenes is 1. The minimum atomic E-state index is 0.687. The molecule has 0 saturated carbocycles. The van der Waals surface area contributed by atoms with Gasteiger partial charge in [0, 0.05) is 10.6 Å². The summed E-state index contributed by atoms with van der Waals surface area (Å²) in [5, 5.41) is 2.78. The molecule has 72 valence electrons. The van der Waals surface area contributed by atoms with Gasteiger partial charge >= 0.3 is 0 Å². The van der Waals surface area contributed by atoms with Gasteiger partial charge in [0.15, 0.2) is 0 Å². The van der Waals surface area contributed by atoms with Gasteiger partial charge in [0.25, 0.3) is 0 Å². The van der Waals surface area contributed by atoms with E-state index in [0.29, 0.717) is 6.54 Å². The summed E-state index contributed by atoms with van der Waals surface area (Å²) in [5.41, 5.74) is 2.18. The minimum Gasteiger partial charge on any atom is -0.332 e. The number of nitrogens with two attached hydrogens (primary N) is 1. The molecule has 0 atom stereocenters. The van der Waals surface area contributed by atoms with Gasteiger partial charge in [-0.15, -0.1) is 6.42 Å². The monoisotopic (exact) mass is 206 g/mol. The summed E-state index contributed by atoms with van der Waals surface area (Å²) in [6.45, 7) is 5.50. The first kappa shape index (κ1) is 10.8. The fourth-order valence-corrected chi connectivity index (χ4v) is 1.26. The summed E-state index contributed by atoms with van der Waals surface area (Å²) < 4.78 is 0. The molecule has 1 aromatic carbocycles. The molecular formula is C12H13ClN+. The van der Waals surface area contributed by atoms with Crippen LogP contribution in [0.3, 0.4) is 0 Å². The van der Waals surface area contributed by atoms with Crippen molar-refractivity contribution < 1.29 is 5.32 Å². The van der Waals surface area contributed by atoms with Gasteiger partial charge in [-0.3, -0.25) is 0 Å². The molecular weight excluding hydrogens is 194 g/mol. The number of halogens is 1. The lowest BCUT2D eigenvalue weighted by Crippen LogP contribution is -2.84. The van der Waals surface area contributed by atoms with Crippen LogP contribution in [0.4, 0.5) is 0 Å². The molecule has 0 fully saturated rings. The van der Waals surface area contributed by atoms with Gasteiger partial charge in [-0.2, -0.15) is 0 Å². The third kappa shape index (κ3) is 3.26. The zero-order valence-electron chi connectivity index (χ0n) is 7.96. The van der Waals surface area contributed by atoms with Crippen molar-refractivity contribution >= 4 is 17.2 Å². The Morgan fingerprint density at radius 3 is 2.64 bits per heavy atom.